The number of anilines is 1. The average Bonchev–Trinajstić information content (AvgIpc) is 3.11. The van der Waals surface area contributed by atoms with Gasteiger partial charge >= 0.3 is 0 Å². The van der Waals surface area contributed by atoms with E-state index in [1.54, 1.807) is 16.9 Å². The van der Waals surface area contributed by atoms with Gasteiger partial charge in [0.2, 0.25) is 5.95 Å². The highest BCUT2D eigenvalue weighted by Crippen LogP contribution is 2.50. The summed E-state index contributed by atoms with van der Waals surface area (Å²) in [6, 6.07) is 4.11. The Kier molecular flexibility index (Phi) is 3.13. The third-order valence-electron chi connectivity index (χ3n) is 4.98. The number of pyridine rings is 1. The molecule has 26 heavy (non-hydrogen) atoms. The molecule has 0 radical (unpaired) electrons. The number of aromatic nitrogens is 6. The first-order valence-corrected chi connectivity index (χ1v) is 8.92. The van der Waals surface area contributed by atoms with Crippen LogP contribution in [0.5, 0.6) is 0 Å². The van der Waals surface area contributed by atoms with Crippen molar-refractivity contribution in [1.82, 2.24) is 29.1 Å². The van der Waals surface area contributed by atoms with Gasteiger partial charge in [-0.3, -0.25) is 0 Å². The summed E-state index contributed by atoms with van der Waals surface area (Å²) < 4.78 is 17.8. The molecule has 4 heterocycles. The second-order valence-corrected chi connectivity index (χ2v) is 7.90. The molecule has 1 fully saturated rings. The third kappa shape index (κ3) is 2.29. The van der Waals surface area contributed by atoms with Gasteiger partial charge in [0.05, 0.1) is 17.2 Å². The topological polar surface area (TPSA) is 86.9 Å². The van der Waals surface area contributed by atoms with Gasteiger partial charge < -0.3 is 10.3 Å². The number of fused-ring (bicyclic) bond motifs is 2. The molecule has 0 bridgehead atoms. The van der Waals surface area contributed by atoms with Crippen molar-refractivity contribution in [3.05, 3.63) is 36.5 Å². The van der Waals surface area contributed by atoms with Gasteiger partial charge in [0.1, 0.15) is 11.2 Å². The van der Waals surface area contributed by atoms with Crippen molar-refractivity contribution >= 4 is 31.9 Å². The largest absolute Gasteiger partial charge is 0.367 e. The van der Waals surface area contributed by atoms with Crippen LogP contribution in [0.1, 0.15) is 24.7 Å². The van der Waals surface area contributed by atoms with E-state index >= 15 is 0 Å². The van der Waals surface area contributed by atoms with E-state index in [0.29, 0.717) is 18.5 Å². The van der Waals surface area contributed by atoms with Crippen molar-refractivity contribution < 1.29 is 4.39 Å². The Hall–Kier alpha value is -2.60. The van der Waals surface area contributed by atoms with Crippen molar-refractivity contribution in [3.63, 3.8) is 0 Å². The van der Waals surface area contributed by atoms with Gasteiger partial charge in [0, 0.05) is 42.4 Å². The Morgan fingerprint density at radius 2 is 2.08 bits per heavy atom. The van der Waals surface area contributed by atoms with Gasteiger partial charge in [-0.15, -0.1) is 5.10 Å². The molecular formula is C17H17FN7P. The standard InChI is InChI=1S/C17H17FN7P/c1-9-22-15-13(25(9)11-5-17(18,26)6-11)4-10(7-20-15)12-2-3-24-14(12)8-21-16(19)23-24/h2-4,7-8,11H,5-6,26H2,1H3,(H2,19,23). The van der Waals surface area contributed by atoms with Crippen molar-refractivity contribution in [1.29, 1.82) is 0 Å². The lowest BCUT2D eigenvalue weighted by Crippen LogP contribution is -2.36. The number of nitrogens with zero attached hydrogens (tertiary/aromatic N) is 6. The van der Waals surface area contributed by atoms with Gasteiger partial charge in [-0.2, -0.15) is 0 Å². The average molecular weight is 369 g/mol. The van der Waals surface area contributed by atoms with Crippen LogP contribution in [0.15, 0.2) is 30.7 Å². The smallest absolute Gasteiger partial charge is 0.238 e. The summed E-state index contributed by atoms with van der Waals surface area (Å²) in [4.78, 5) is 13.1. The summed E-state index contributed by atoms with van der Waals surface area (Å²) in [5.41, 5.74) is 9.99. The predicted molar refractivity (Wildman–Crippen MR) is 100 cm³/mol. The summed E-state index contributed by atoms with van der Waals surface area (Å²) in [7, 11) is 2.30. The first-order valence-electron chi connectivity index (χ1n) is 8.34. The Balaban J connectivity index is 1.65. The normalized spacial score (nSPS) is 22.8. The maximum atomic E-state index is 14.0. The maximum Gasteiger partial charge on any atom is 0.238 e. The maximum absolute atomic E-state index is 14.0. The lowest BCUT2D eigenvalue weighted by Gasteiger charge is -2.39. The Labute approximate surface area is 150 Å². The van der Waals surface area contributed by atoms with Crippen LogP contribution in [0.4, 0.5) is 10.3 Å². The SMILES string of the molecule is Cc1nc2ncc(-c3ccn4nc(N)ncc34)cc2n1C1CC(F)(P)C1. The van der Waals surface area contributed by atoms with Gasteiger partial charge in [-0.1, -0.05) is 9.24 Å². The van der Waals surface area contributed by atoms with E-state index in [-0.39, 0.29) is 12.0 Å². The lowest BCUT2D eigenvalue weighted by atomic mass is 9.89. The number of alkyl halides is 1. The fourth-order valence-electron chi connectivity index (χ4n) is 3.76. The van der Waals surface area contributed by atoms with Crippen LogP contribution in [0.3, 0.4) is 0 Å². The number of rotatable bonds is 2. The molecule has 1 unspecified atom stereocenters. The summed E-state index contributed by atoms with van der Waals surface area (Å²) in [5.74, 6) is 1.08. The van der Waals surface area contributed by atoms with E-state index in [9.17, 15) is 4.39 Å². The molecule has 1 aliphatic carbocycles. The number of nitrogen functional groups attached to an aromatic ring is 1. The molecule has 2 N–H and O–H groups in total. The number of aryl methyl sites for hydroxylation is 1. The van der Waals surface area contributed by atoms with Gasteiger partial charge in [0.25, 0.3) is 0 Å². The lowest BCUT2D eigenvalue weighted by molar-refractivity contribution is 0.103. The molecule has 1 atom stereocenters. The van der Waals surface area contributed by atoms with E-state index in [0.717, 1.165) is 28.0 Å². The van der Waals surface area contributed by atoms with Gasteiger partial charge in [-0.05, 0) is 19.1 Å². The first-order chi connectivity index (χ1) is 12.4. The Bertz CT molecular complexity index is 1150. The molecule has 7 nitrogen and oxygen atoms in total. The molecule has 0 saturated heterocycles. The molecule has 0 aliphatic heterocycles. The zero-order valence-electron chi connectivity index (χ0n) is 14.1. The number of nitrogens with two attached hydrogens (primary N) is 1. The number of hydrogen-bond donors (Lipinski definition) is 1. The van der Waals surface area contributed by atoms with Crippen LogP contribution in [0.25, 0.3) is 27.8 Å². The van der Waals surface area contributed by atoms with E-state index in [2.05, 4.69) is 39.9 Å². The van der Waals surface area contributed by atoms with Crippen LogP contribution in [-0.4, -0.2) is 34.5 Å². The highest BCUT2D eigenvalue weighted by molar-refractivity contribution is 7.18. The van der Waals surface area contributed by atoms with Crippen molar-refractivity contribution in [3.8, 4) is 11.1 Å². The summed E-state index contributed by atoms with van der Waals surface area (Å²) >= 11 is 0. The van der Waals surface area contributed by atoms with Crippen LogP contribution < -0.4 is 5.73 Å². The van der Waals surface area contributed by atoms with Crippen molar-refractivity contribution in [2.24, 2.45) is 0 Å². The minimum Gasteiger partial charge on any atom is -0.367 e. The molecule has 9 heteroatoms. The molecule has 4 aromatic heterocycles. The second-order valence-electron chi connectivity index (χ2n) is 6.87. The van der Waals surface area contributed by atoms with Crippen molar-refractivity contribution in [2.75, 3.05) is 5.73 Å². The molecule has 0 spiro atoms. The molecule has 132 valence electrons. The van der Waals surface area contributed by atoms with Crippen molar-refractivity contribution in [2.45, 2.75) is 31.2 Å². The fraction of sp³-hybridized carbons (Fsp3) is 0.294. The Morgan fingerprint density at radius 3 is 2.85 bits per heavy atom. The molecule has 5 rings (SSSR count). The summed E-state index contributed by atoms with van der Waals surface area (Å²) in [5, 5.41) is 3.00. The van der Waals surface area contributed by atoms with Gasteiger partial charge in [-0.25, -0.2) is 23.9 Å². The zero-order valence-corrected chi connectivity index (χ0v) is 15.2. The minimum absolute atomic E-state index is 0.105. The number of imidazole rings is 1. The molecule has 4 aromatic rings. The van der Waals surface area contributed by atoms with Crippen LogP contribution >= 0.6 is 9.24 Å². The van der Waals surface area contributed by atoms with Crippen LogP contribution in [0, 0.1) is 6.92 Å². The highest BCUT2D eigenvalue weighted by Gasteiger charge is 2.42. The van der Waals surface area contributed by atoms with Gasteiger partial charge in [0.15, 0.2) is 5.65 Å². The number of hydrogen-bond acceptors (Lipinski definition) is 5. The van der Waals surface area contributed by atoms with E-state index in [1.807, 2.05) is 19.2 Å². The molecule has 1 saturated carbocycles. The number of halogens is 1. The van der Waals surface area contributed by atoms with E-state index in [4.69, 9.17) is 5.73 Å². The second kappa shape index (κ2) is 5.20. The summed E-state index contributed by atoms with van der Waals surface area (Å²) in [6.07, 6.45) is 6.27. The van der Waals surface area contributed by atoms with Crippen LogP contribution in [-0.2, 0) is 0 Å². The zero-order chi connectivity index (χ0) is 18.1. The quantitative estimate of drug-likeness (QED) is 0.549. The van der Waals surface area contributed by atoms with Crippen LogP contribution in [0.2, 0.25) is 0 Å². The minimum atomic E-state index is -1.17. The monoisotopic (exact) mass is 369 g/mol. The van der Waals surface area contributed by atoms with E-state index in [1.165, 1.54) is 0 Å². The Morgan fingerprint density at radius 1 is 1.27 bits per heavy atom. The first kappa shape index (κ1) is 15.6. The predicted octanol–water partition coefficient (Wildman–Crippen LogP) is 2.91. The molecule has 0 amide bonds. The summed E-state index contributed by atoms with van der Waals surface area (Å²) in [6.45, 7) is 1.94. The molecular weight excluding hydrogens is 352 g/mol. The molecule has 0 aromatic carbocycles. The third-order valence-corrected chi connectivity index (χ3v) is 5.46. The van der Waals surface area contributed by atoms with E-state index < -0.39 is 5.41 Å². The fourth-order valence-corrected chi connectivity index (χ4v) is 4.31. The molecule has 1 aliphatic rings. The highest BCUT2D eigenvalue weighted by atomic mass is 31.0.